The van der Waals surface area contributed by atoms with Gasteiger partial charge in [-0.3, -0.25) is 0 Å². The van der Waals surface area contributed by atoms with Crippen molar-refractivity contribution in [1.82, 2.24) is 5.48 Å². The Morgan fingerprint density at radius 1 is 1.62 bits per heavy atom. The molecule has 0 aliphatic carbocycles. The van der Waals surface area contributed by atoms with Gasteiger partial charge in [0, 0.05) is 12.5 Å². The summed E-state index contributed by atoms with van der Waals surface area (Å²) < 4.78 is 0. The topological polar surface area (TPSA) is 32.3 Å². The van der Waals surface area contributed by atoms with Crippen LogP contribution in [0, 0.1) is 5.92 Å². The third kappa shape index (κ3) is 3.50. The molecule has 0 aliphatic rings. The van der Waals surface area contributed by atoms with Crippen LogP contribution < -0.4 is 5.48 Å². The summed E-state index contributed by atoms with van der Waals surface area (Å²) in [6.07, 6.45) is 0. The van der Waals surface area contributed by atoms with Gasteiger partial charge in [0.05, 0.1) is 0 Å². The molecule has 0 heterocycles. The molecule has 2 N–H and O–H groups in total. The molecule has 0 fully saturated rings. The van der Waals surface area contributed by atoms with E-state index >= 15 is 0 Å². The monoisotopic (exact) mass is 157 g/mol. The maximum absolute atomic E-state index is 8.12. The summed E-state index contributed by atoms with van der Waals surface area (Å²) in [5.74, 6) is 0.0864. The second-order valence-corrected chi connectivity index (χ2v) is 2.84. The first kappa shape index (κ1) is 8.50. The quantitative estimate of drug-likeness (QED) is 0.480. The summed E-state index contributed by atoms with van der Waals surface area (Å²) in [4.78, 5) is -0.408. The highest BCUT2D eigenvalue weighted by Crippen LogP contribution is 2.12. The van der Waals surface area contributed by atoms with E-state index in [2.05, 4.69) is 0 Å². The summed E-state index contributed by atoms with van der Waals surface area (Å²) in [5.41, 5.74) is 1.98. The zero-order valence-electron chi connectivity index (χ0n) is 4.56. The lowest BCUT2D eigenvalue weighted by Gasteiger charge is -2.08. The fraction of sp³-hybridized carbons (Fsp3) is 1.00. The van der Waals surface area contributed by atoms with Crippen molar-refractivity contribution < 1.29 is 5.21 Å². The highest BCUT2D eigenvalue weighted by atomic mass is 35.5. The minimum Gasteiger partial charge on any atom is -0.317 e. The minimum atomic E-state index is -0.408. The molecule has 0 saturated carbocycles. The molecule has 0 aromatic heterocycles. The summed E-state index contributed by atoms with van der Waals surface area (Å²) in [5, 5.41) is 8.12. The van der Waals surface area contributed by atoms with Crippen molar-refractivity contribution in [2.75, 3.05) is 6.54 Å². The smallest absolute Gasteiger partial charge is 0.111 e. The number of hydrogen-bond acceptors (Lipinski definition) is 2. The van der Waals surface area contributed by atoms with Gasteiger partial charge in [-0.05, 0) is 0 Å². The molecule has 2 nitrogen and oxygen atoms in total. The molecule has 0 spiro atoms. The van der Waals surface area contributed by atoms with Gasteiger partial charge in [-0.1, -0.05) is 6.92 Å². The average Bonchev–Trinajstić information content (AvgIpc) is 1.67. The van der Waals surface area contributed by atoms with E-state index < -0.39 is 4.84 Å². The van der Waals surface area contributed by atoms with Gasteiger partial charge in [0.2, 0.25) is 0 Å². The Hall–Kier alpha value is 0.500. The van der Waals surface area contributed by atoms with Crippen LogP contribution in [0.2, 0.25) is 0 Å². The van der Waals surface area contributed by atoms with Gasteiger partial charge in [-0.2, -0.15) is 0 Å². The Morgan fingerprint density at radius 3 is 2.25 bits per heavy atom. The van der Waals surface area contributed by atoms with Crippen LogP contribution in [0.1, 0.15) is 6.92 Å². The van der Waals surface area contributed by atoms with Gasteiger partial charge in [-0.25, -0.2) is 5.48 Å². The van der Waals surface area contributed by atoms with Crippen molar-refractivity contribution in [3.05, 3.63) is 0 Å². The largest absolute Gasteiger partial charge is 0.317 e. The summed E-state index contributed by atoms with van der Waals surface area (Å²) in [6, 6.07) is 0. The number of hydrogen-bond donors (Lipinski definition) is 2. The van der Waals surface area contributed by atoms with Crippen LogP contribution in [0.4, 0.5) is 0 Å². The lowest BCUT2D eigenvalue weighted by molar-refractivity contribution is 0.153. The SMILES string of the molecule is C[C@@H](CNO)C(Cl)Cl. The molecule has 0 saturated heterocycles. The van der Waals surface area contributed by atoms with E-state index in [1.165, 1.54) is 0 Å². The van der Waals surface area contributed by atoms with Crippen LogP contribution in [0.15, 0.2) is 0 Å². The Bertz CT molecular complexity index is 60.0. The molecule has 0 bridgehead atoms. The first-order valence-electron chi connectivity index (χ1n) is 2.33. The zero-order chi connectivity index (χ0) is 6.57. The van der Waals surface area contributed by atoms with Crippen molar-refractivity contribution in [3.8, 4) is 0 Å². The van der Waals surface area contributed by atoms with E-state index in [4.69, 9.17) is 28.4 Å². The normalized spacial score (nSPS) is 14.6. The molecule has 0 unspecified atom stereocenters. The molecule has 0 rings (SSSR count). The predicted octanol–water partition coefficient (Wildman–Crippen LogP) is 1.40. The van der Waals surface area contributed by atoms with E-state index in [1.807, 2.05) is 12.4 Å². The lowest BCUT2D eigenvalue weighted by atomic mass is 10.2. The second kappa shape index (κ2) is 4.39. The third-order valence-electron chi connectivity index (χ3n) is 0.843. The van der Waals surface area contributed by atoms with Crippen molar-refractivity contribution in [1.29, 1.82) is 0 Å². The van der Waals surface area contributed by atoms with Crippen LogP contribution in [0.5, 0.6) is 0 Å². The Kier molecular flexibility index (Phi) is 4.66. The maximum atomic E-state index is 8.12. The van der Waals surface area contributed by atoms with Gasteiger partial charge >= 0.3 is 0 Å². The molecule has 4 heteroatoms. The molecular formula is C4H9Cl2NO. The van der Waals surface area contributed by atoms with Crippen LogP contribution in [0.3, 0.4) is 0 Å². The first-order chi connectivity index (χ1) is 3.68. The molecule has 0 aliphatic heterocycles. The molecule has 0 aromatic rings. The first-order valence-corrected chi connectivity index (χ1v) is 3.21. The molecule has 50 valence electrons. The Morgan fingerprint density at radius 2 is 2.12 bits per heavy atom. The van der Waals surface area contributed by atoms with Crippen molar-refractivity contribution >= 4 is 23.2 Å². The van der Waals surface area contributed by atoms with Gasteiger partial charge in [0.15, 0.2) is 0 Å². The van der Waals surface area contributed by atoms with Gasteiger partial charge in [-0.15, -0.1) is 23.2 Å². The number of hydroxylamine groups is 1. The molecule has 1 atom stereocenters. The van der Waals surface area contributed by atoms with Crippen molar-refractivity contribution in [2.24, 2.45) is 5.92 Å². The number of nitrogens with one attached hydrogen (secondary N) is 1. The summed E-state index contributed by atoms with van der Waals surface area (Å²) in [7, 11) is 0. The Labute approximate surface area is 58.7 Å². The highest BCUT2D eigenvalue weighted by Gasteiger charge is 2.08. The third-order valence-corrected chi connectivity index (χ3v) is 1.70. The molecule has 0 aromatic carbocycles. The highest BCUT2D eigenvalue weighted by molar-refractivity contribution is 6.44. The standard InChI is InChI=1S/C4H9Cl2NO/c1-3(2-7-8)4(5)6/h3-4,7-8H,2H2,1H3/t3-/m0/s1. The van der Waals surface area contributed by atoms with Crippen LogP contribution in [-0.4, -0.2) is 16.6 Å². The second-order valence-electron chi connectivity index (χ2n) is 1.67. The minimum absolute atomic E-state index is 0.0864. The van der Waals surface area contributed by atoms with Gasteiger partial charge in [0.25, 0.3) is 0 Å². The predicted molar refractivity (Wildman–Crippen MR) is 34.4 cm³/mol. The number of halogens is 2. The maximum Gasteiger partial charge on any atom is 0.111 e. The fourth-order valence-corrected chi connectivity index (χ4v) is 0.411. The number of rotatable bonds is 3. The van der Waals surface area contributed by atoms with E-state index in [1.54, 1.807) is 0 Å². The molecule has 8 heavy (non-hydrogen) atoms. The van der Waals surface area contributed by atoms with Crippen LogP contribution >= 0.6 is 23.2 Å². The molecular weight excluding hydrogens is 149 g/mol. The van der Waals surface area contributed by atoms with Crippen molar-refractivity contribution in [3.63, 3.8) is 0 Å². The summed E-state index contributed by atoms with van der Waals surface area (Å²) in [6.45, 7) is 2.27. The van der Waals surface area contributed by atoms with E-state index in [0.29, 0.717) is 6.54 Å². The van der Waals surface area contributed by atoms with E-state index in [0.717, 1.165) is 0 Å². The van der Waals surface area contributed by atoms with Gasteiger partial charge in [0.1, 0.15) is 4.84 Å². The van der Waals surface area contributed by atoms with Crippen LogP contribution in [-0.2, 0) is 0 Å². The fourth-order valence-electron chi connectivity index (χ4n) is 0.233. The average molecular weight is 158 g/mol. The number of alkyl halides is 2. The Balaban J connectivity index is 3.17. The van der Waals surface area contributed by atoms with E-state index in [9.17, 15) is 0 Å². The summed E-state index contributed by atoms with van der Waals surface area (Å²) >= 11 is 10.8. The van der Waals surface area contributed by atoms with Gasteiger partial charge < -0.3 is 5.21 Å². The zero-order valence-corrected chi connectivity index (χ0v) is 6.08. The molecule has 0 radical (unpaired) electrons. The lowest BCUT2D eigenvalue weighted by Crippen LogP contribution is -2.21. The van der Waals surface area contributed by atoms with Crippen molar-refractivity contribution in [2.45, 2.75) is 11.8 Å². The molecule has 0 amide bonds. The van der Waals surface area contributed by atoms with Crippen LogP contribution in [0.25, 0.3) is 0 Å². The van der Waals surface area contributed by atoms with E-state index in [-0.39, 0.29) is 5.92 Å².